The number of aryl methyl sites for hydroxylation is 1. The van der Waals surface area contributed by atoms with E-state index in [1.54, 1.807) is 13.0 Å². The van der Waals surface area contributed by atoms with Gasteiger partial charge < -0.3 is 4.90 Å². The molecule has 0 spiro atoms. The number of piperidine rings is 1. The fourth-order valence-electron chi connectivity index (χ4n) is 3.83. The second kappa shape index (κ2) is 7.67. The molecule has 144 valence electrons. The Morgan fingerprint density at radius 1 is 1.21 bits per heavy atom. The molecule has 1 fully saturated rings. The molecule has 1 saturated heterocycles. The van der Waals surface area contributed by atoms with Crippen LogP contribution in [-0.4, -0.2) is 23.0 Å². The largest absolute Gasteiger partial charge is 0.348 e. The third-order valence-corrected chi connectivity index (χ3v) is 6.45. The van der Waals surface area contributed by atoms with Gasteiger partial charge in [0, 0.05) is 19.2 Å². The van der Waals surface area contributed by atoms with Crippen molar-refractivity contribution in [3.8, 4) is 0 Å². The molecule has 0 atom stereocenters. The summed E-state index contributed by atoms with van der Waals surface area (Å²) < 4.78 is 0.414. The zero-order chi connectivity index (χ0) is 19.7. The molecule has 0 N–H and O–H groups in total. The lowest BCUT2D eigenvalue weighted by Crippen LogP contribution is -2.35. The second-order valence-electron chi connectivity index (χ2n) is 7.34. The molecule has 1 aliphatic rings. The van der Waals surface area contributed by atoms with E-state index in [1.807, 2.05) is 6.07 Å². The van der Waals surface area contributed by atoms with Crippen molar-refractivity contribution in [3.63, 3.8) is 0 Å². The van der Waals surface area contributed by atoms with Crippen molar-refractivity contribution in [3.05, 3.63) is 74.1 Å². The Hall–Kier alpha value is -2.80. The van der Waals surface area contributed by atoms with Crippen molar-refractivity contribution >= 4 is 32.2 Å². The molecular weight excluding hydrogens is 374 g/mol. The number of nitrogens with zero attached hydrogens (tertiary/aromatic N) is 3. The summed E-state index contributed by atoms with van der Waals surface area (Å²) in [7, 11) is 0. The maximum Gasteiger partial charge on any atom is 0.287 e. The Kier molecular flexibility index (Phi) is 5.09. The van der Waals surface area contributed by atoms with Crippen LogP contribution in [-0.2, 0) is 6.42 Å². The highest BCUT2D eigenvalue weighted by molar-refractivity contribution is 7.22. The Bertz CT molecular complexity index is 1070. The monoisotopic (exact) mass is 395 g/mol. The van der Waals surface area contributed by atoms with Crippen LogP contribution in [0.1, 0.15) is 24.0 Å². The normalized spacial score (nSPS) is 15.1. The summed E-state index contributed by atoms with van der Waals surface area (Å²) in [6, 6.07) is 13.7. The van der Waals surface area contributed by atoms with Crippen LogP contribution in [0.3, 0.4) is 0 Å². The van der Waals surface area contributed by atoms with Crippen LogP contribution < -0.4 is 10.5 Å². The first kappa shape index (κ1) is 18.6. The van der Waals surface area contributed by atoms with E-state index in [1.165, 1.54) is 23.0 Å². The number of anilines is 1. The molecular formula is C21H21N3O3S. The van der Waals surface area contributed by atoms with Gasteiger partial charge in [-0.1, -0.05) is 41.7 Å². The summed E-state index contributed by atoms with van der Waals surface area (Å²) in [5.41, 5.74) is 1.64. The summed E-state index contributed by atoms with van der Waals surface area (Å²) in [6.07, 6.45) is 3.10. The molecule has 0 amide bonds. The summed E-state index contributed by atoms with van der Waals surface area (Å²) in [4.78, 5) is 29.9. The van der Waals surface area contributed by atoms with Gasteiger partial charge in [0.05, 0.1) is 10.3 Å². The third-order valence-electron chi connectivity index (χ3n) is 5.28. The minimum Gasteiger partial charge on any atom is -0.348 e. The number of nitro benzene ring substituents is 1. The van der Waals surface area contributed by atoms with E-state index < -0.39 is 4.92 Å². The molecule has 6 nitrogen and oxygen atoms in total. The van der Waals surface area contributed by atoms with Crippen LogP contribution in [0.25, 0.3) is 10.1 Å². The fraction of sp³-hybridized carbons (Fsp3) is 0.333. The summed E-state index contributed by atoms with van der Waals surface area (Å²) >= 11 is 1.25. The predicted octanol–water partition coefficient (Wildman–Crippen LogP) is 4.33. The molecule has 7 heteroatoms. The number of non-ortho nitro benzene ring substituents is 1. The number of aromatic nitrogens is 1. The van der Waals surface area contributed by atoms with Crippen molar-refractivity contribution < 1.29 is 4.92 Å². The van der Waals surface area contributed by atoms with E-state index in [2.05, 4.69) is 34.1 Å². The van der Waals surface area contributed by atoms with Gasteiger partial charge in [-0.15, -0.1) is 0 Å². The Labute approximate surface area is 166 Å². The molecule has 0 saturated carbocycles. The van der Waals surface area contributed by atoms with Crippen molar-refractivity contribution in [2.45, 2.75) is 26.2 Å². The van der Waals surface area contributed by atoms with Gasteiger partial charge in [-0.25, -0.2) is 0 Å². The summed E-state index contributed by atoms with van der Waals surface area (Å²) in [5.74, 6) is 0.604. The average molecular weight is 395 g/mol. The van der Waals surface area contributed by atoms with Crippen molar-refractivity contribution in [1.29, 1.82) is 0 Å². The van der Waals surface area contributed by atoms with Gasteiger partial charge in [0.15, 0.2) is 5.13 Å². The van der Waals surface area contributed by atoms with E-state index in [4.69, 9.17) is 0 Å². The fourth-order valence-corrected chi connectivity index (χ4v) is 4.95. The zero-order valence-electron chi connectivity index (χ0n) is 15.6. The highest BCUT2D eigenvalue weighted by Crippen LogP contribution is 2.34. The van der Waals surface area contributed by atoms with Gasteiger partial charge in [0.2, 0.25) is 0 Å². The van der Waals surface area contributed by atoms with Crippen LogP contribution in [0.2, 0.25) is 0 Å². The zero-order valence-corrected chi connectivity index (χ0v) is 16.4. The molecule has 1 aliphatic heterocycles. The lowest BCUT2D eigenvalue weighted by molar-refractivity contribution is -0.382. The van der Waals surface area contributed by atoms with Gasteiger partial charge in [-0.3, -0.25) is 14.9 Å². The first-order chi connectivity index (χ1) is 13.5. The molecule has 3 aromatic rings. The number of hydrogen-bond donors (Lipinski definition) is 0. The lowest BCUT2D eigenvalue weighted by atomic mass is 9.90. The van der Waals surface area contributed by atoms with Crippen molar-refractivity contribution in [1.82, 2.24) is 4.98 Å². The number of fused-ring (bicyclic) bond motifs is 1. The topological polar surface area (TPSA) is 76.3 Å². The highest BCUT2D eigenvalue weighted by atomic mass is 32.1. The molecule has 0 aliphatic carbocycles. The van der Waals surface area contributed by atoms with E-state index >= 15 is 0 Å². The first-order valence-corrected chi connectivity index (χ1v) is 10.2. The number of benzene rings is 2. The highest BCUT2D eigenvalue weighted by Gasteiger charge is 2.24. The molecule has 1 aromatic heterocycles. The van der Waals surface area contributed by atoms with E-state index in [0.717, 1.165) is 32.4 Å². The van der Waals surface area contributed by atoms with E-state index in [9.17, 15) is 14.9 Å². The molecule has 0 bridgehead atoms. The van der Waals surface area contributed by atoms with Gasteiger partial charge in [-0.2, -0.15) is 4.98 Å². The van der Waals surface area contributed by atoms with Crippen LogP contribution in [0.5, 0.6) is 0 Å². The minimum absolute atomic E-state index is 0.0142. The second-order valence-corrected chi connectivity index (χ2v) is 8.32. The Morgan fingerprint density at radius 3 is 2.61 bits per heavy atom. The first-order valence-electron chi connectivity index (χ1n) is 9.40. The molecule has 0 unspecified atom stereocenters. The van der Waals surface area contributed by atoms with Crippen LogP contribution in [0, 0.1) is 23.0 Å². The molecule has 0 radical (unpaired) electrons. The van der Waals surface area contributed by atoms with Crippen LogP contribution in [0.4, 0.5) is 10.8 Å². The third kappa shape index (κ3) is 3.75. The van der Waals surface area contributed by atoms with Gasteiger partial charge in [0.25, 0.3) is 11.2 Å². The van der Waals surface area contributed by atoms with Crippen LogP contribution in [0.15, 0.2) is 47.3 Å². The van der Waals surface area contributed by atoms with Gasteiger partial charge >= 0.3 is 0 Å². The van der Waals surface area contributed by atoms with Gasteiger partial charge in [0.1, 0.15) is 4.70 Å². The smallest absolute Gasteiger partial charge is 0.287 e. The van der Waals surface area contributed by atoms with E-state index in [-0.39, 0.29) is 11.2 Å². The standard InChI is InChI=1S/C21H21N3O3S/c1-14-11-17-19(18(12-14)24(26)27)28-21(22-20(17)25)23-9-7-16(8-10-23)13-15-5-3-2-4-6-15/h2-6,11-12,16H,7-10,13H2,1H3. The molecule has 4 rings (SSSR count). The van der Waals surface area contributed by atoms with Crippen LogP contribution >= 0.6 is 11.3 Å². The summed E-state index contributed by atoms with van der Waals surface area (Å²) in [5, 5.41) is 12.4. The molecule has 2 heterocycles. The lowest BCUT2D eigenvalue weighted by Gasteiger charge is -2.32. The van der Waals surface area contributed by atoms with Crippen molar-refractivity contribution in [2.24, 2.45) is 5.92 Å². The quantitative estimate of drug-likeness (QED) is 0.485. The predicted molar refractivity (Wildman–Crippen MR) is 112 cm³/mol. The number of hydrogen-bond acceptors (Lipinski definition) is 6. The summed E-state index contributed by atoms with van der Waals surface area (Å²) in [6.45, 7) is 3.37. The van der Waals surface area contributed by atoms with Crippen molar-refractivity contribution in [2.75, 3.05) is 18.0 Å². The maximum atomic E-state index is 12.5. The average Bonchev–Trinajstić information content (AvgIpc) is 2.69. The Balaban J connectivity index is 1.57. The van der Waals surface area contributed by atoms with E-state index in [0.29, 0.717) is 26.7 Å². The van der Waals surface area contributed by atoms with Gasteiger partial charge in [-0.05, 0) is 49.3 Å². The maximum absolute atomic E-state index is 12.5. The Morgan fingerprint density at radius 2 is 1.93 bits per heavy atom. The molecule has 2 aromatic carbocycles. The molecule has 28 heavy (non-hydrogen) atoms. The minimum atomic E-state index is -0.416. The number of rotatable bonds is 4. The number of nitro groups is 1. The SMILES string of the molecule is Cc1cc([N+](=O)[O-])c2sc(N3CCC(Cc4ccccc4)CC3)nc(=O)c2c1.